The van der Waals surface area contributed by atoms with Crippen LogP contribution in [0.3, 0.4) is 0 Å². The molecule has 3 rings (SSSR count). The minimum absolute atomic E-state index is 0.0651. The Kier molecular flexibility index (Phi) is 8.19. The molecule has 0 bridgehead atoms. The van der Waals surface area contributed by atoms with Gasteiger partial charge >= 0.3 is 10.1 Å². The van der Waals surface area contributed by atoms with Crippen LogP contribution in [-0.4, -0.2) is 46.6 Å². The molecule has 0 heterocycles. The topological polar surface area (TPSA) is 82.1 Å². The third-order valence-electron chi connectivity index (χ3n) is 4.83. The maximum absolute atomic E-state index is 13.6. The van der Waals surface area contributed by atoms with Crippen molar-refractivity contribution in [3.8, 4) is 11.5 Å². The molecule has 0 unspecified atom stereocenters. The van der Waals surface area contributed by atoms with Crippen LogP contribution in [-0.2, 0) is 21.4 Å². The number of methoxy groups -OCH3 is 2. The van der Waals surface area contributed by atoms with Gasteiger partial charge in [-0.3, -0.25) is 4.79 Å². The van der Waals surface area contributed by atoms with Gasteiger partial charge in [-0.15, -0.1) is 0 Å². The first kappa shape index (κ1) is 25.1. The molecule has 0 saturated heterocycles. The molecule has 0 fully saturated rings. The van der Waals surface area contributed by atoms with E-state index in [-0.39, 0.29) is 41.7 Å². The van der Waals surface area contributed by atoms with Crippen LogP contribution in [0.25, 0.3) is 0 Å². The number of nitrogens with zero attached hydrogens (tertiary/aromatic N) is 1. The first-order chi connectivity index (χ1) is 16.2. The van der Waals surface area contributed by atoms with Crippen molar-refractivity contribution in [3.63, 3.8) is 0 Å². The number of hydrogen-bond donors (Lipinski definition) is 0. The van der Waals surface area contributed by atoms with Gasteiger partial charge in [-0.2, -0.15) is 8.42 Å². The van der Waals surface area contributed by atoms with Crippen molar-refractivity contribution < 1.29 is 35.6 Å². The quantitative estimate of drug-likeness (QED) is 0.399. The van der Waals surface area contributed by atoms with E-state index in [1.807, 2.05) is 0 Å². The maximum Gasteiger partial charge on any atom is 0.339 e. The van der Waals surface area contributed by atoms with Crippen LogP contribution < -0.4 is 8.92 Å². The van der Waals surface area contributed by atoms with Gasteiger partial charge in [0, 0.05) is 25.8 Å². The van der Waals surface area contributed by atoms with E-state index in [0.717, 1.165) is 30.3 Å². The fourth-order valence-corrected chi connectivity index (χ4v) is 4.06. The lowest BCUT2D eigenvalue weighted by atomic mass is 10.1. The summed E-state index contributed by atoms with van der Waals surface area (Å²) in [6, 6.07) is 14.1. The van der Waals surface area contributed by atoms with Crippen LogP contribution in [0, 0.1) is 11.6 Å². The average molecular weight is 492 g/mol. The van der Waals surface area contributed by atoms with E-state index in [9.17, 15) is 22.0 Å². The van der Waals surface area contributed by atoms with Crippen molar-refractivity contribution in [1.82, 2.24) is 4.90 Å². The summed E-state index contributed by atoms with van der Waals surface area (Å²) >= 11 is 0. The van der Waals surface area contributed by atoms with E-state index >= 15 is 0 Å². The van der Waals surface area contributed by atoms with Crippen LogP contribution in [0.1, 0.15) is 15.9 Å². The molecule has 0 N–H and O–H groups in total. The largest absolute Gasteiger partial charge is 0.493 e. The van der Waals surface area contributed by atoms with Crippen molar-refractivity contribution >= 4 is 16.0 Å². The van der Waals surface area contributed by atoms with Crippen molar-refractivity contribution in [2.24, 2.45) is 0 Å². The molecule has 0 aliphatic heterocycles. The van der Waals surface area contributed by atoms with Crippen molar-refractivity contribution in [3.05, 3.63) is 89.5 Å². The van der Waals surface area contributed by atoms with E-state index in [1.165, 1.54) is 49.5 Å². The molecule has 7 nitrogen and oxygen atoms in total. The minimum atomic E-state index is -4.28. The van der Waals surface area contributed by atoms with Crippen LogP contribution in [0.4, 0.5) is 8.78 Å². The van der Waals surface area contributed by atoms with Crippen molar-refractivity contribution in [2.75, 3.05) is 27.4 Å². The molecule has 180 valence electrons. The Hall–Kier alpha value is -3.50. The van der Waals surface area contributed by atoms with Crippen LogP contribution in [0.5, 0.6) is 11.5 Å². The standard InChI is InChI=1S/C24H23F2NO6S/c1-31-13-12-27(24(28)18-4-3-5-20(26)15-18)16-17-6-11-22(32-2)23(14-17)33-34(29,30)21-9-7-19(25)8-10-21/h3-11,14-15H,12-13,16H2,1-2H3. The Morgan fingerprint density at radius 1 is 0.912 bits per heavy atom. The molecule has 0 aromatic heterocycles. The average Bonchev–Trinajstić information content (AvgIpc) is 2.81. The Labute approximate surface area is 196 Å². The zero-order valence-corrected chi connectivity index (χ0v) is 19.3. The van der Waals surface area contributed by atoms with Gasteiger partial charge in [-0.05, 0) is 60.2 Å². The SMILES string of the molecule is COCCN(Cc1ccc(OC)c(OS(=O)(=O)c2ccc(F)cc2)c1)C(=O)c1cccc(F)c1. The van der Waals surface area contributed by atoms with Gasteiger partial charge in [0.05, 0.1) is 13.7 Å². The van der Waals surface area contributed by atoms with E-state index in [1.54, 1.807) is 6.07 Å². The van der Waals surface area contributed by atoms with Gasteiger partial charge in [0.1, 0.15) is 16.5 Å². The third kappa shape index (κ3) is 6.30. The van der Waals surface area contributed by atoms with Gasteiger partial charge in [-0.1, -0.05) is 12.1 Å². The number of carbonyl (C=O) groups is 1. The zero-order valence-electron chi connectivity index (χ0n) is 18.5. The van der Waals surface area contributed by atoms with E-state index in [2.05, 4.69) is 0 Å². The molecule has 3 aromatic rings. The number of amides is 1. The summed E-state index contributed by atoms with van der Waals surface area (Å²) in [6.45, 7) is 0.511. The number of ether oxygens (including phenoxy) is 2. The minimum Gasteiger partial charge on any atom is -0.493 e. The number of hydrogen-bond acceptors (Lipinski definition) is 6. The molecule has 3 aromatic carbocycles. The summed E-state index contributed by atoms with van der Waals surface area (Å²) in [7, 11) is -1.43. The fraction of sp³-hybridized carbons (Fsp3) is 0.208. The lowest BCUT2D eigenvalue weighted by Crippen LogP contribution is -2.33. The van der Waals surface area contributed by atoms with E-state index < -0.39 is 27.7 Å². The van der Waals surface area contributed by atoms with Crippen molar-refractivity contribution in [1.29, 1.82) is 0 Å². The summed E-state index contributed by atoms with van der Waals surface area (Å²) in [5.74, 6) is -1.50. The molecule has 10 heteroatoms. The summed E-state index contributed by atoms with van der Waals surface area (Å²) in [5.41, 5.74) is 0.700. The molecule has 1 amide bonds. The van der Waals surface area contributed by atoms with Gasteiger partial charge in [0.2, 0.25) is 0 Å². The normalized spacial score (nSPS) is 11.2. The highest BCUT2D eigenvalue weighted by Gasteiger charge is 2.21. The smallest absolute Gasteiger partial charge is 0.339 e. The van der Waals surface area contributed by atoms with Gasteiger partial charge < -0.3 is 18.6 Å². The highest BCUT2D eigenvalue weighted by molar-refractivity contribution is 7.87. The summed E-state index contributed by atoms with van der Waals surface area (Å²) in [5, 5.41) is 0. The number of rotatable bonds is 10. The highest BCUT2D eigenvalue weighted by atomic mass is 32.2. The Balaban J connectivity index is 1.89. The molecule has 0 radical (unpaired) electrons. The van der Waals surface area contributed by atoms with Gasteiger partial charge in [0.15, 0.2) is 11.5 Å². The lowest BCUT2D eigenvalue weighted by Gasteiger charge is -2.23. The molecule has 0 aliphatic carbocycles. The Morgan fingerprint density at radius 2 is 1.65 bits per heavy atom. The Bertz CT molecular complexity index is 1250. The molecule has 34 heavy (non-hydrogen) atoms. The highest BCUT2D eigenvalue weighted by Crippen LogP contribution is 2.31. The van der Waals surface area contributed by atoms with Crippen LogP contribution in [0.2, 0.25) is 0 Å². The molecule has 0 atom stereocenters. The first-order valence-corrected chi connectivity index (χ1v) is 11.5. The maximum atomic E-state index is 13.6. The van der Waals surface area contributed by atoms with E-state index in [0.29, 0.717) is 5.56 Å². The Morgan fingerprint density at radius 3 is 2.29 bits per heavy atom. The molecule has 0 spiro atoms. The van der Waals surface area contributed by atoms with E-state index in [4.69, 9.17) is 13.7 Å². The van der Waals surface area contributed by atoms with Crippen molar-refractivity contribution in [2.45, 2.75) is 11.4 Å². The first-order valence-electron chi connectivity index (χ1n) is 10.1. The predicted octanol–water partition coefficient (Wildman–Crippen LogP) is 4.03. The second-order valence-corrected chi connectivity index (χ2v) is 8.75. The van der Waals surface area contributed by atoms with Gasteiger partial charge in [-0.25, -0.2) is 8.78 Å². The summed E-state index contributed by atoms with van der Waals surface area (Å²) in [4.78, 5) is 14.2. The second kappa shape index (κ2) is 11.1. The molecular weight excluding hydrogens is 468 g/mol. The lowest BCUT2D eigenvalue weighted by molar-refractivity contribution is 0.0679. The third-order valence-corrected chi connectivity index (χ3v) is 6.08. The van der Waals surface area contributed by atoms with Crippen LogP contribution >= 0.6 is 0 Å². The zero-order chi connectivity index (χ0) is 24.7. The molecular formula is C24H23F2NO6S. The number of halogens is 2. The van der Waals surface area contributed by atoms with Crippen LogP contribution in [0.15, 0.2) is 71.6 Å². The fourth-order valence-electron chi connectivity index (χ4n) is 3.13. The second-order valence-electron chi connectivity index (χ2n) is 7.21. The summed E-state index contributed by atoms with van der Waals surface area (Å²) < 4.78 is 67.7. The summed E-state index contributed by atoms with van der Waals surface area (Å²) in [6.07, 6.45) is 0. The molecule has 0 aliphatic rings. The molecule has 0 saturated carbocycles. The monoisotopic (exact) mass is 491 g/mol. The predicted molar refractivity (Wildman–Crippen MR) is 120 cm³/mol. The van der Waals surface area contributed by atoms with Gasteiger partial charge in [0.25, 0.3) is 5.91 Å². The number of benzene rings is 3. The number of carbonyl (C=O) groups excluding carboxylic acids is 1.